The Hall–Kier alpha value is -3.06. The van der Waals surface area contributed by atoms with E-state index in [1.54, 1.807) is 11.3 Å². The van der Waals surface area contributed by atoms with E-state index < -0.39 is 0 Å². The highest BCUT2D eigenvalue weighted by Gasteiger charge is 2.09. The second-order valence-electron chi connectivity index (χ2n) is 5.17. The van der Waals surface area contributed by atoms with Gasteiger partial charge in [-0.05, 0) is 0 Å². The summed E-state index contributed by atoms with van der Waals surface area (Å²) in [5.74, 6) is 0.382. The molecule has 4 aromatic rings. The number of thiazole rings is 1. The molecule has 0 radical (unpaired) electrons. The molecule has 3 aromatic heterocycles. The second kappa shape index (κ2) is 6.21. The van der Waals surface area contributed by atoms with E-state index >= 15 is 0 Å². The van der Waals surface area contributed by atoms with E-state index in [1.807, 2.05) is 52.5 Å². The van der Waals surface area contributed by atoms with Gasteiger partial charge in [0.25, 0.3) is 5.91 Å². The highest BCUT2D eigenvalue weighted by molar-refractivity contribution is 7.15. The topological polar surface area (TPSA) is 72.2 Å². The molecule has 0 unspecified atom stereocenters. The normalized spacial score (nSPS) is 10.8. The van der Waals surface area contributed by atoms with Crippen molar-refractivity contribution in [3.05, 3.63) is 71.8 Å². The summed E-state index contributed by atoms with van der Waals surface area (Å²) in [6.07, 6.45) is 6.92. The van der Waals surface area contributed by atoms with Gasteiger partial charge in [0.15, 0.2) is 10.8 Å². The summed E-state index contributed by atoms with van der Waals surface area (Å²) in [4.78, 5) is 26.1. The zero-order valence-corrected chi connectivity index (χ0v) is 13.4. The van der Waals surface area contributed by atoms with Crippen LogP contribution in [0.15, 0.2) is 60.5 Å². The molecule has 1 amide bonds. The zero-order chi connectivity index (χ0) is 16.4. The minimum absolute atomic E-state index is 0.217. The molecule has 24 heavy (non-hydrogen) atoms. The third-order valence-corrected chi connectivity index (χ3v) is 4.29. The fourth-order valence-electron chi connectivity index (χ4n) is 2.32. The van der Waals surface area contributed by atoms with Crippen LogP contribution in [0.2, 0.25) is 0 Å². The largest absolute Gasteiger partial charge is 0.346 e. The minimum Gasteiger partial charge on any atom is -0.346 e. The molecule has 0 fully saturated rings. The lowest BCUT2D eigenvalue weighted by atomic mass is 10.2. The molecular weight excluding hydrogens is 322 g/mol. The number of benzene rings is 1. The number of nitrogens with zero attached hydrogens (tertiary/aromatic N) is 4. The molecule has 0 saturated heterocycles. The standard InChI is InChI=1S/C17H13N5OS/c23-16(20-10-14-11-22-6-7-24-17(22)21-14)13-8-18-15(19-9-13)12-4-2-1-3-5-12/h1-9,11H,10H2,(H,20,23). The summed E-state index contributed by atoms with van der Waals surface area (Å²) < 4.78 is 1.93. The first kappa shape index (κ1) is 14.5. The van der Waals surface area contributed by atoms with Gasteiger partial charge >= 0.3 is 0 Å². The number of amides is 1. The van der Waals surface area contributed by atoms with Crippen molar-refractivity contribution >= 4 is 22.2 Å². The van der Waals surface area contributed by atoms with Gasteiger partial charge in [0.1, 0.15) is 0 Å². The van der Waals surface area contributed by atoms with Crippen LogP contribution in [0.5, 0.6) is 0 Å². The summed E-state index contributed by atoms with van der Waals surface area (Å²) in [5.41, 5.74) is 2.16. The molecule has 0 aliphatic rings. The lowest BCUT2D eigenvalue weighted by Crippen LogP contribution is -2.23. The Morgan fingerprint density at radius 1 is 1.17 bits per heavy atom. The van der Waals surface area contributed by atoms with Gasteiger partial charge in [-0.1, -0.05) is 30.3 Å². The number of hydrogen-bond acceptors (Lipinski definition) is 5. The van der Waals surface area contributed by atoms with Gasteiger partial charge in [-0.25, -0.2) is 15.0 Å². The van der Waals surface area contributed by atoms with Crippen molar-refractivity contribution in [1.82, 2.24) is 24.7 Å². The average Bonchev–Trinajstić information content (AvgIpc) is 3.22. The number of rotatable bonds is 4. The van der Waals surface area contributed by atoms with Crippen molar-refractivity contribution in [2.45, 2.75) is 6.54 Å². The van der Waals surface area contributed by atoms with Crippen molar-refractivity contribution in [3.63, 3.8) is 0 Å². The van der Waals surface area contributed by atoms with Crippen molar-refractivity contribution in [3.8, 4) is 11.4 Å². The van der Waals surface area contributed by atoms with Gasteiger partial charge in [-0.3, -0.25) is 9.20 Å². The van der Waals surface area contributed by atoms with Crippen LogP contribution in [0, 0.1) is 0 Å². The first-order valence-corrected chi connectivity index (χ1v) is 8.24. The average molecular weight is 335 g/mol. The van der Waals surface area contributed by atoms with Crippen LogP contribution in [0.3, 0.4) is 0 Å². The fraction of sp³-hybridized carbons (Fsp3) is 0.0588. The molecule has 3 heterocycles. The summed E-state index contributed by atoms with van der Waals surface area (Å²) in [7, 11) is 0. The second-order valence-corrected chi connectivity index (χ2v) is 6.04. The molecule has 0 bridgehead atoms. The molecular formula is C17H13N5OS. The van der Waals surface area contributed by atoms with Crippen LogP contribution in [-0.4, -0.2) is 25.3 Å². The smallest absolute Gasteiger partial charge is 0.254 e. The van der Waals surface area contributed by atoms with Crippen LogP contribution in [0.1, 0.15) is 16.1 Å². The van der Waals surface area contributed by atoms with Crippen molar-refractivity contribution in [1.29, 1.82) is 0 Å². The third kappa shape index (κ3) is 2.89. The van der Waals surface area contributed by atoms with Crippen LogP contribution < -0.4 is 5.32 Å². The summed E-state index contributed by atoms with van der Waals surface area (Å²) in [6.45, 7) is 0.369. The first-order valence-electron chi connectivity index (χ1n) is 7.36. The minimum atomic E-state index is -0.217. The molecule has 118 valence electrons. The maximum absolute atomic E-state index is 12.2. The SMILES string of the molecule is O=C(NCc1cn2ccsc2n1)c1cnc(-c2ccccc2)nc1. The maximum Gasteiger partial charge on any atom is 0.254 e. The predicted octanol–water partition coefficient (Wildman–Crippen LogP) is 2.78. The predicted molar refractivity (Wildman–Crippen MR) is 91.7 cm³/mol. The van der Waals surface area contributed by atoms with Gasteiger partial charge in [0, 0.05) is 35.7 Å². The van der Waals surface area contributed by atoms with Gasteiger partial charge < -0.3 is 5.32 Å². The van der Waals surface area contributed by atoms with Crippen molar-refractivity contribution in [2.24, 2.45) is 0 Å². The Labute approximate surface area is 141 Å². The lowest BCUT2D eigenvalue weighted by Gasteiger charge is -2.04. The van der Waals surface area contributed by atoms with Gasteiger partial charge in [-0.2, -0.15) is 0 Å². The molecule has 0 saturated carbocycles. The molecule has 1 N–H and O–H groups in total. The van der Waals surface area contributed by atoms with E-state index in [2.05, 4.69) is 20.3 Å². The van der Waals surface area contributed by atoms with Gasteiger partial charge in [-0.15, -0.1) is 11.3 Å². The molecule has 0 aliphatic carbocycles. The molecule has 6 nitrogen and oxygen atoms in total. The number of nitrogens with one attached hydrogen (secondary N) is 1. The summed E-state index contributed by atoms with van der Waals surface area (Å²) >= 11 is 1.56. The lowest BCUT2D eigenvalue weighted by molar-refractivity contribution is 0.0949. The number of fused-ring (bicyclic) bond motifs is 1. The number of hydrogen-bond donors (Lipinski definition) is 1. The quantitative estimate of drug-likeness (QED) is 0.622. The van der Waals surface area contributed by atoms with Gasteiger partial charge in [0.2, 0.25) is 0 Å². The molecule has 1 aromatic carbocycles. The molecule has 0 atom stereocenters. The Balaban J connectivity index is 1.43. The van der Waals surface area contributed by atoms with Crippen LogP contribution in [-0.2, 0) is 6.54 Å². The Morgan fingerprint density at radius 3 is 2.71 bits per heavy atom. The van der Waals surface area contributed by atoms with Crippen LogP contribution >= 0.6 is 11.3 Å². The highest BCUT2D eigenvalue weighted by atomic mass is 32.1. The van der Waals surface area contributed by atoms with E-state index in [-0.39, 0.29) is 5.91 Å². The Kier molecular flexibility index (Phi) is 3.76. The molecule has 0 spiro atoms. The van der Waals surface area contributed by atoms with Crippen molar-refractivity contribution in [2.75, 3.05) is 0 Å². The highest BCUT2D eigenvalue weighted by Crippen LogP contribution is 2.13. The fourth-order valence-corrected chi connectivity index (χ4v) is 3.03. The number of imidazole rings is 1. The van der Waals surface area contributed by atoms with E-state index in [1.165, 1.54) is 12.4 Å². The summed E-state index contributed by atoms with van der Waals surface area (Å²) in [5, 5.41) is 4.80. The Bertz CT molecular complexity index is 947. The maximum atomic E-state index is 12.2. The molecule has 0 aliphatic heterocycles. The van der Waals surface area contributed by atoms with Crippen LogP contribution in [0.25, 0.3) is 16.3 Å². The van der Waals surface area contributed by atoms with E-state index in [0.717, 1.165) is 16.2 Å². The first-order chi connectivity index (χ1) is 11.8. The van der Waals surface area contributed by atoms with Crippen molar-refractivity contribution < 1.29 is 4.79 Å². The monoisotopic (exact) mass is 335 g/mol. The van der Waals surface area contributed by atoms with E-state index in [4.69, 9.17) is 0 Å². The van der Waals surface area contributed by atoms with E-state index in [0.29, 0.717) is 17.9 Å². The summed E-state index contributed by atoms with van der Waals surface area (Å²) in [6, 6.07) is 9.65. The number of carbonyl (C=O) groups is 1. The van der Waals surface area contributed by atoms with Crippen LogP contribution in [0.4, 0.5) is 0 Å². The third-order valence-electron chi connectivity index (χ3n) is 3.52. The number of aromatic nitrogens is 4. The Morgan fingerprint density at radius 2 is 1.96 bits per heavy atom. The zero-order valence-electron chi connectivity index (χ0n) is 12.6. The van der Waals surface area contributed by atoms with E-state index in [9.17, 15) is 4.79 Å². The number of carbonyl (C=O) groups excluding carboxylic acids is 1. The molecule has 7 heteroatoms. The molecule has 4 rings (SSSR count). The van der Waals surface area contributed by atoms with Gasteiger partial charge in [0.05, 0.1) is 17.8 Å².